The second-order valence-corrected chi connectivity index (χ2v) is 5.11. The van der Waals surface area contributed by atoms with Crippen molar-refractivity contribution in [2.75, 3.05) is 0 Å². The van der Waals surface area contributed by atoms with E-state index >= 15 is 0 Å². The Morgan fingerprint density at radius 3 is 2.71 bits per heavy atom. The number of rotatable bonds is 3. The zero-order valence-electron chi connectivity index (χ0n) is 10.7. The van der Waals surface area contributed by atoms with Crippen molar-refractivity contribution in [1.82, 2.24) is 19.9 Å². The van der Waals surface area contributed by atoms with Gasteiger partial charge in [-0.05, 0) is 20.8 Å². The molecule has 1 N–H and O–H groups in total. The van der Waals surface area contributed by atoms with E-state index in [1.54, 1.807) is 18.7 Å². The Kier molecular flexibility index (Phi) is 3.02. The van der Waals surface area contributed by atoms with E-state index in [0.717, 1.165) is 11.5 Å². The standard InChI is InChI=1S/C12H18N4O/c1-12(2,3)15-7-11-14-6-10(17-11)9-5-13-8-16(9)4/h5-6,8,15H,7H2,1-4H3. The molecule has 92 valence electrons. The molecular formula is C12H18N4O. The van der Waals surface area contributed by atoms with Gasteiger partial charge in [-0.15, -0.1) is 0 Å². The van der Waals surface area contributed by atoms with Gasteiger partial charge in [0.2, 0.25) is 5.89 Å². The largest absolute Gasteiger partial charge is 0.438 e. The molecule has 0 atom stereocenters. The maximum Gasteiger partial charge on any atom is 0.208 e. The number of imidazole rings is 1. The molecule has 0 spiro atoms. The van der Waals surface area contributed by atoms with Gasteiger partial charge in [-0.1, -0.05) is 0 Å². The van der Waals surface area contributed by atoms with Crippen LogP contribution in [-0.2, 0) is 13.6 Å². The molecule has 5 nitrogen and oxygen atoms in total. The first kappa shape index (κ1) is 11.9. The zero-order valence-corrected chi connectivity index (χ0v) is 10.7. The highest BCUT2D eigenvalue weighted by atomic mass is 16.4. The molecule has 2 aromatic heterocycles. The number of oxazole rings is 1. The Morgan fingerprint density at radius 2 is 2.12 bits per heavy atom. The number of aromatic nitrogens is 3. The van der Waals surface area contributed by atoms with Crippen molar-refractivity contribution >= 4 is 0 Å². The van der Waals surface area contributed by atoms with Gasteiger partial charge in [0.25, 0.3) is 0 Å². The van der Waals surface area contributed by atoms with Crippen LogP contribution in [0, 0.1) is 0 Å². The molecule has 5 heteroatoms. The van der Waals surface area contributed by atoms with Crippen LogP contribution in [0.3, 0.4) is 0 Å². The molecule has 0 radical (unpaired) electrons. The molecule has 0 unspecified atom stereocenters. The van der Waals surface area contributed by atoms with Gasteiger partial charge in [-0.25, -0.2) is 9.97 Å². The Labute approximate surface area is 101 Å². The van der Waals surface area contributed by atoms with Crippen LogP contribution >= 0.6 is 0 Å². The van der Waals surface area contributed by atoms with E-state index < -0.39 is 0 Å². The molecule has 0 aliphatic rings. The maximum absolute atomic E-state index is 5.67. The predicted molar refractivity (Wildman–Crippen MR) is 65.3 cm³/mol. The van der Waals surface area contributed by atoms with Crippen LogP contribution in [0.15, 0.2) is 23.1 Å². The SMILES string of the molecule is Cn1cncc1-c1cnc(CNC(C)(C)C)o1. The van der Waals surface area contributed by atoms with E-state index in [-0.39, 0.29) is 5.54 Å². The number of nitrogens with zero attached hydrogens (tertiary/aromatic N) is 3. The lowest BCUT2D eigenvalue weighted by Crippen LogP contribution is -2.35. The lowest BCUT2D eigenvalue weighted by atomic mass is 10.1. The number of nitrogens with one attached hydrogen (secondary N) is 1. The molecule has 0 aliphatic heterocycles. The summed E-state index contributed by atoms with van der Waals surface area (Å²) in [6.45, 7) is 6.95. The van der Waals surface area contributed by atoms with E-state index in [0.29, 0.717) is 12.4 Å². The molecule has 0 fully saturated rings. The molecule has 0 aliphatic carbocycles. The summed E-state index contributed by atoms with van der Waals surface area (Å²) in [7, 11) is 1.93. The van der Waals surface area contributed by atoms with E-state index in [4.69, 9.17) is 4.42 Å². The first-order valence-corrected chi connectivity index (χ1v) is 5.62. The Bertz CT molecular complexity index is 493. The van der Waals surface area contributed by atoms with Crippen molar-refractivity contribution in [3.05, 3.63) is 24.6 Å². The third-order valence-electron chi connectivity index (χ3n) is 2.39. The van der Waals surface area contributed by atoms with Gasteiger partial charge in [-0.3, -0.25) is 0 Å². The first-order chi connectivity index (χ1) is 7.96. The van der Waals surface area contributed by atoms with Crippen LogP contribution in [0.4, 0.5) is 0 Å². The Balaban J connectivity index is 2.09. The van der Waals surface area contributed by atoms with Gasteiger partial charge in [0.1, 0.15) is 5.69 Å². The van der Waals surface area contributed by atoms with Crippen molar-refractivity contribution in [3.8, 4) is 11.5 Å². The molecular weight excluding hydrogens is 216 g/mol. The molecule has 0 bridgehead atoms. The van der Waals surface area contributed by atoms with Crippen LogP contribution < -0.4 is 5.32 Å². The predicted octanol–water partition coefficient (Wildman–Crippen LogP) is 1.96. The normalized spacial score (nSPS) is 12.0. The molecule has 0 saturated heterocycles. The minimum atomic E-state index is 0.0567. The van der Waals surface area contributed by atoms with Crippen LogP contribution in [0.25, 0.3) is 11.5 Å². The summed E-state index contributed by atoms with van der Waals surface area (Å²) in [4.78, 5) is 8.30. The third-order valence-corrected chi connectivity index (χ3v) is 2.39. The van der Waals surface area contributed by atoms with Crippen molar-refractivity contribution in [1.29, 1.82) is 0 Å². The average molecular weight is 234 g/mol. The van der Waals surface area contributed by atoms with Gasteiger partial charge < -0.3 is 14.3 Å². The van der Waals surface area contributed by atoms with Gasteiger partial charge in [0.05, 0.1) is 25.3 Å². The fourth-order valence-corrected chi connectivity index (χ4v) is 1.45. The van der Waals surface area contributed by atoms with Crippen molar-refractivity contribution in [2.24, 2.45) is 7.05 Å². The van der Waals surface area contributed by atoms with Gasteiger partial charge in [-0.2, -0.15) is 0 Å². The molecule has 2 heterocycles. The lowest BCUT2D eigenvalue weighted by Gasteiger charge is -2.18. The molecule has 0 aromatic carbocycles. The summed E-state index contributed by atoms with van der Waals surface area (Å²) in [5.41, 5.74) is 0.987. The average Bonchev–Trinajstić information content (AvgIpc) is 2.81. The second kappa shape index (κ2) is 4.33. The molecule has 17 heavy (non-hydrogen) atoms. The summed E-state index contributed by atoms with van der Waals surface area (Å²) in [6.07, 6.45) is 5.24. The van der Waals surface area contributed by atoms with Crippen molar-refractivity contribution in [2.45, 2.75) is 32.9 Å². The topological polar surface area (TPSA) is 55.9 Å². The van der Waals surface area contributed by atoms with Gasteiger partial charge >= 0.3 is 0 Å². The fourth-order valence-electron chi connectivity index (χ4n) is 1.45. The first-order valence-electron chi connectivity index (χ1n) is 5.62. The van der Waals surface area contributed by atoms with Crippen LogP contribution in [0.2, 0.25) is 0 Å². The third kappa shape index (κ3) is 2.94. The lowest BCUT2D eigenvalue weighted by molar-refractivity contribution is 0.383. The van der Waals surface area contributed by atoms with Gasteiger partial charge in [0, 0.05) is 12.6 Å². The summed E-state index contributed by atoms with van der Waals surface area (Å²) < 4.78 is 7.57. The van der Waals surface area contributed by atoms with Crippen LogP contribution in [0.1, 0.15) is 26.7 Å². The minimum Gasteiger partial charge on any atom is -0.438 e. The van der Waals surface area contributed by atoms with Crippen LogP contribution in [-0.4, -0.2) is 20.1 Å². The number of hydrogen-bond acceptors (Lipinski definition) is 4. The van der Waals surface area contributed by atoms with E-state index in [9.17, 15) is 0 Å². The van der Waals surface area contributed by atoms with E-state index in [1.807, 2.05) is 11.6 Å². The monoisotopic (exact) mass is 234 g/mol. The fraction of sp³-hybridized carbons (Fsp3) is 0.500. The molecule has 0 saturated carbocycles. The summed E-state index contributed by atoms with van der Waals surface area (Å²) in [5, 5.41) is 3.33. The molecule has 2 rings (SSSR count). The minimum absolute atomic E-state index is 0.0567. The zero-order chi connectivity index (χ0) is 12.5. The van der Waals surface area contributed by atoms with E-state index in [2.05, 4.69) is 36.1 Å². The highest BCUT2D eigenvalue weighted by Crippen LogP contribution is 2.19. The number of hydrogen-bond donors (Lipinski definition) is 1. The molecule has 2 aromatic rings. The second-order valence-electron chi connectivity index (χ2n) is 5.11. The smallest absolute Gasteiger partial charge is 0.208 e. The highest BCUT2D eigenvalue weighted by Gasteiger charge is 2.13. The highest BCUT2D eigenvalue weighted by molar-refractivity contribution is 5.49. The Hall–Kier alpha value is -1.62. The summed E-state index contributed by atoms with van der Waals surface area (Å²) in [6, 6.07) is 0. The van der Waals surface area contributed by atoms with Gasteiger partial charge in [0.15, 0.2) is 5.76 Å². The Morgan fingerprint density at radius 1 is 1.35 bits per heavy atom. The summed E-state index contributed by atoms with van der Waals surface area (Å²) >= 11 is 0. The van der Waals surface area contributed by atoms with Crippen LogP contribution in [0.5, 0.6) is 0 Å². The van der Waals surface area contributed by atoms with Crippen molar-refractivity contribution < 1.29 is 4.42 Å². The number of aryl methyl sites for hydroxylation is 1. The maximum atomic E-state index is 5.67. The molecule has 0 amide bonds. The van der Waals surface area contributed by atoms with Crippen molar-refractivity contribution in [3.63, 3.8) is 0 Å². The quantitative estimate of drug-likeness (QED) is 0.882. The van der Waals surface area contributed by atoms with E-state index in [1.165, 1.54) is 0 Å². The summed E-state index contributed by atoms with van der Waals surface area (Å²) in [5.74, 6) is 1.44.